The zero-order valence-corrected chi connectivity index (χ0v) is 23.3. The number of fused-ring (bicyclic) bond motifs is 2. The fourth-order valence-electron chi connectivity index (χ4n) is 5.51. The van der Waals surface area contributed by atoms with E-state index in [1.807, 2.05) is 35.2 Å². The van der Waals surface area contributed by atoms with Crippen LogP contribution in [-0.2, 0) is 13.5 Å². The smallest absolute Gasteiger partial charge is 0.277 e. The van der Waals surface area contributed by atoms with Gasteiger partial charge in [-0.2, -0.15) is 15.2 Å². The number of hydrogen-bond acceptors (Lipinski definition) is 8. The number of pyridine rings is 1. The molecule has 214 valence electrons. The van der Waals surface area contributed by atoms with E-state index in [1.54, 1.807) is 53.3 Å². The zero-order valence-electron chi connectivity index (χ0n) is 23.3. The molecule has 1 aliphatic rings. The van der Waals surface area contributed by atoms with Gasteiger partial charge in [0.25, 0.3) is 11.5 Å². The Morgan fingerprint density at radius 2 is 1.74 bits per heavy atom. The van der Waals surface area contributed by atoms with Crippen LogP contribution in [0.3, 0.4) is 0 Å². The standard InChI is InChI=1S/C31H26FN9O2/c1-38-29(42)24-19-34-31(36-28(24)41(38)27-8-4-5-11-33-27)40-14-12-39(13-15-40)30(43)23-16-20(9-10-25(23)32)17-26-22-7-3-2-6-21(22)18-35-37-26/h2-11,16,18-19H,12-15,17H2,1H3. The monoisotopic (exact) mass is 575 g/mol. The van der Waals surface area contributed by atoms with Crippen LogP contribution < -0.4 is 10.5 Å². The van der Waals surface area contributed by atoms with Gasteiger partial charge in [0.2, 0.25) is 5.95 Å². The lowest BCUT2D eigenvalue weighted by atomic mass is 10.0. The van der Waals surface area contributed by atoms with Gasteiger partial charge >= 0.3 is 0 Å². The fourth-order valence-corrected chi connectivity index (χ4v) is 5.51. The Hall–Kier alpha value is -5.52. The average molecular weight is 576 g/mol. The molecule has 4 aromatic heterocycles. The molecule has 0 radical (unpaired) electrons. The molecule has 2 aromatic carbocycles. The Morgan fingerprint density at radius 3 is 2.56 bits per heavy atom. The summed E-state index contributed by atoms with van der Waals surface area (Å²) in [6, 6.07) is 17.9. The molecule has 5 heterocycles. The molecule has 12 heteroatoms. The van der Waals surface area contributed by atoms with Crippen molar-refractivity contribution in [2.45, 2.75) is 6.42 Å². The Labute approximate surface area is 244 Å². The first-order valence-electron chi connectivity index (χ1n) is 13.9. The van der Waals surface area contributed by atoms with Crippen LogP contribution in [0.4, 0.5) is 10.3 Å². The number of anilines is 1. The van der Waals surface area contributed by atoms with Gasteiger partial charge in [-0.05, 0) is 29.8 Å². The Morgan fingerprint density at radius 1 is 0.930 bits per heavy atom. The number of rotatable bonds is 5. The highest BCUT2D eigenvalue weighted by molar-refractivity contribution is 5.95. The lowest BCUT2D eigenvalue weighted by Gasteiger charge is -2.34. The molecule has 0 saturated carbocycles. The van der Waals surface area contributed by atoms with E-state index in [1.165, 1.54) is 16.9 Å². The van der Waals surface area contributed by atoms with E-state index in [-0.39, 0.29) is 17.0 Å². The second-order valence-corrected chi connectivity index (χ2v) is 10.4. The Bertz CT molecular complexity index is 2050. The molecule has 11 nitrogen and oxygen atoms in total. The van der Waals surface area contributed by atoms with E-state index in [0.29, 0.717) is 55.4 Å². The molecule has 1 aliphatic heterocycles. The number of nitrogens with zero attached hydrogens (tertiary/aromatic N) is 9. The normalized spacial score (nSPS) is 13.6. The Balaban J connectivity index is 1.09. The maximum absolute atomic E-state index is 14.9. The van der Waals surface area contributed by atoms with Crippen molar-refractivity contribution in [2.24, 2.45) is 7.05 Å². The van der Waals surface area contributed by atoms with Crippen LogP contribution in [0, 0.1) is 5.82 Å². The molecule has 1 fully saturated rings. The van der Waals surface area contributed by atoms with Crippen molar-refractivity contribution < 1.29 is 9.18 Å². The van der Waals surface area contributed by atoms with E-state index in [9.17, 15) is 14.0 Å². The van der Waals surface area contributed by atoms with Gasteiger partial charge in [-0.3, -0.25) is 9.59 Å². The molecule has 0 unspecified atom stereocenters. The summed E-state index contributed by atoms with van der Waals surface area (Å²) in [4.78, 5) is 43.4. The van der Waals surface area contributed by atoms with Crippen LogP contribution in [0.5, 0.6) is 0 Å². The van der Waals surface area contributed by atoms with Gasteiger partial charge < -0.3 is 9.80 Å². The van der Waals surface area contributed by atoms with E-state index in [0.717, 1.165) is 22.0 Å². The minimum atomic E-state index is -0.564. The SMILES string of the molecule is Cn1c(=O)c2cnc(N3CCN(C(=O)c4cc(Cc5nncc6ccccc56)ccc4F)CC3)nc2n1-c1ccccn1. The summed E-state index contributed by atoms with van der Waals surface area (Å²) in [5.74, 6) is 0.0742. The first-order chi connectivity index (χ1) is 21.0. The number of hydrogen-bond donors (Lipinski definition) is 0. The molecule has 0 aliphatic carbocycles. The third-order valence-electron chi connectivity index (χ3n) is 7.78. The van der Waals surface area contributed by atoms with Crippen LogP contribution in [0.25, 0.3) is 27.6 Å². The maximum Gasteiger partial charge on any atom is 0.277 e. The van der Waals surface area contributed by atoms with Crippen molar-refractivity contribution in [1.82, 2.24) is 39.4 Å². The molecule has 1 saturated heterocycles. The summed E-state index contributed by atoms with van der Waals surface area (Å²) in [6.45, 7) is 1.62. The van der Waals surface area contributed by atoms with Crippen molar-refractivity contribution in [3.8, 4) is 5.82 Å². The van der Waals surface area contributed by atoms with E-state index < -0.39 is 5.82 Å². The van der Waals surface area contributed by atoms with Gasteiger partial charge in [0.15, 0.2) is 11.5 Å². The van der Waals surface area contributed by atoms with Crippen molar-refractivity contribution in [3.63, 3.8) is 0 Å². The van der Waals surface area contributed by atoms with Crippen molar-refractivity contribution in [2.75, 3.05) is 31.1 Å². The molecule has 7 rings (SSSR count). The highest BCUT2D eigenvalue weighted by atomic mass is 19.1. The van der Waals surface area contributed by atoms with Crippen LogP contribution in [0.2, 0.25) is 0 Å². The molecular formula is C31H26FN9O2. The number of amides is 1. The number of carbonyl (C=O) groups is 1. The number of piperazine rings is 1. The molecule has 1 amide bonds. The fraction of sp³-hybridized carbons (Fsp3) is 0.194. The third kappa shape index (κ3) is 4.76. The molecular weight excluding hydrogens is 549 g/mol. The van der Waals surface area contributed by atoms with E-state index in [4.69, 9.17) is 4.98 Å². The highest BCUT2D eigenvalue weighted by Gasteiger charge is 2.26. The molecule has 6 aromatic rings. The van der Waals surface area contributed by atoms with Gasteiger partial charge in [0, 0.05) is 62.8 Å². The predicted octanol–water partition coefficient (Wildman–Crippen LogP) is 3.15. The summed E-state index contributed by atoms with van der Waals surface area (Å²) < 4.78 is 18.0. The van der Waals surface area contributed by atoms with E-state index in [2.05, 4.69) is 20.2 Å². The van der Waals surface area contributed by atoms with Gasteiger partial charge in [-0.25, -0.2) is 23.7 Å². The summed E-state index contributed by atoms with van der Waals surface area (Å²) in [5.41, 5.74) is 1.79. The summed E-state index contributed by atoms with van der Waals surface area (Å²) in [7, 11) is 1.66. The second kappa shape index (κ2) is 10.7. The number of halogens is 1. The van der Waals surface area contributed by atoms with Gasteiger partial charge in [0.1, 0.15) is 11.2 Å². The zero-order chi connectivity index (χ0) is 29.5. The minimum absolute atomic E-state index is 0.0282. The van der Waals surface area contributed by atoms with Crippen molar-refractivity contribution in [3.05, 3.63) is 112 Å². The number of aromatic nitrogens is 7. The lowest BCUT2D eigenvalue weighted by Crippen LogP contribution is -2.49. The third-order valence-corrected chi connectivity index (χ3v) is 7.78. The highest BCUT2D eigenvalue weighted by Crippen LogP contribution is 2.22. The quantitative estimate of drug-likeness (QED) is 0.308. The van der Waals surface area contributed by atoms with Gasteiger partial charge in [-0.15, -0.1) is 0 Å². The molecule has 0 bridgehead atoms. The molecule has 0 atom stereocenters. The largest absolute Gasteiger partial charge is 0.337 e. The number of benzene rings is 2. The number of carbonyl (C=O) groups excluding carboxylic acids is 1. The lowest BCUT2D eigenvalue weighted by molar-refractivity contribution is 0.0741. The molecule has 0 N–H and O–H groups in total. The van der Waals surface area contributed by atoms with Crippen LogP contribution in [0.15, 0.2) is 84.0 Å². The van der Waals surface area contributed by atoms with Gasteiger partial charge in [-0.1, -0.05) is 36.4 Å². The van der Waals surface area contributed by atoms with Crippen LogP contribution in [0.1, 0.15) is 21.6 Å². The van der Waals surface area contributed by atoms with Crippen molar-refractivity contribution >= 4 is 33.7 Å². The minimum Gasteiger partial charge on any atom is -0.337 e. The van der Waals surface area contributed by atoms with Crippen LogP contribution >= 0.6 is 0 Å². The summed E-state index contributed by atoms with van der Waals surface area (Å²) >= 11 is 0. The first-order valence-corrected chi connectivity index (χ1v) is 13.9. The van der Waals surface area contributed by atoms with Gasteiger partial charge in [0.05, 0.1) is 17.5 Å². The first kappa shape index (κ1) is 26.4. The molecule has 0 spiro atoms. The predicted molar refractivity (Wildman–Crippen MR) is 159 cm³/mol. The average Bonchev–Trinajstić information content (AvgIpc) is 3.30. The summed E-state index contributed by atoms with van der Waals surface area (Å²) in [5, 5.41) is 10.7. The summed E-state index contributed by atoms with van der Waals surface area (Å²) in [6.07, 6.45) is 5.31. The van der Waals surface area contributed by atoms with Crippen molar-refractivity contribution in [1.29, 1.82) is 0 Å². The Kier molecular flexibility index (Phi) is 6.57. The molecule has 43 heavy (non-hydrogen) atoms. The topological polar surface area (TPSA) is 115 Å². The maximum atomic E-state index is 14.9. The second-order valence-electron chi connectivity index (χ2n) is 10.4. The van der Waals surface area contributed by atoms with Crippen LogP contribution in [-0.4, -0.2) is 71.5 Å². The van der Waals surface area contributed by atoms with E-state index >= 15 is 0 Å².